The maximum Gasteiger partial charge on any atom is 0.237 e. The van der Waals surface area contributed by atoms with Gasteiger partial charge in [-0.2, -0.15) is 5.26 Å². The van der Waals surface area contributed by atoms with E-state index in [0.29, 0.717) is 25.8 Å². The van der Waals surface area contributed by atoms with Crippen molar-refractivity contribution in [1.29, 1.82) is 5.26 Å². The number of sulfone groups is 2. The lowest BCUT2D eigenvalue weighted by Crippen LogP contribution is -2.57. The Bertz CT molecular complexity index is 1170. The molecule has 1 aliphatic carbocycles. The second kappa shape index (κ2) is 8.67. The van der Waals surface area contributed by atoms with Crippen LogP contribution in [0.4, 0.5) is 0 Å². The fourth-order valence-corrected chi connectivity index (χ4v) is 8.31. The minimum Gasteiger partial charge on any atom is -0.326 e. The Balaban J connectivity index is 1.83. The number of amides is 1. The first kappa shape index (κ1) is 25.7. The molecule has 0 N–H and O–H groups in total. The first-order valence-electron chi connectivity index (χ1n) is 11.1. The maximum atomic E-state index is 13.6. The molecular weight excluding hydrogens is 462 g/mol. The summed E-state index contributed by atoms with van der Waals surface area (Å²) in [6.45, 7) is 6.53. The van der Waals surface area contributed by atoms with Gasteiger partial charge in [-0.3, -0.25) is 9.69 Å². The van der Waals surface area contributed by atoms with Crippen molar-refractivity contribution in [3.8, 4) is 6.07 Å². The van der Waals surface area contributed by atoms with E-state index < -0.39 is 41.9 Å². The number of nitrogens with zero attached hydrogens (tertiary/aromatic N) is 3. The monoisotopic (exact) mass is 495 g/mol. The van der Waals surface area contributed by atoms with Crippen molar-refractivity contribution in [2.75, 3.05) is 26.4 Å². The molecule has 33 heavy (non-hydrogen) atoms. The van der Waals surface area contributed by atoms with Crippen LogP contribution in [-0.2, 0) is 24.5 Å². The zero-order valence-electron chi connectivity index (χ0n) is 19.9. The summed E-state index contributed by atoms with van der Waals surface area (Å²) in [6.07, 6.45) is 3.61. The summed E-state index contributed by atoms with van der Waals surface area (Å²) < 4.78 is 50.6. The number of nitriles is 1. The first-order valence-corrected chi connectivity index (χ1v) is 14.5. The molecule has 3 atom stereocenters. The van der Waals surface area contributed by atoms with E-state index in [9.17, 15) is 26.9 Å². The molecule has 0 bridgehead atoms. The predicted molar refractivity (Wildman–Crippen MR) is 125 cm³/mol. The number of likely N-dealkylation sites (tertiary alicyclic amines) is 1. The number of carbonyl (C=O) groups excluding carboxylic acids is 1. The quantitative estimate of drug-likeness (QED) is 0.594. The Morgan fingerprint density at radius 2 is 1.70 bits per heavy atom. The lowest BCUT2D eigenvalue weighted by molar-refractivity contribution is -0.134. The molecule has 0 unspecified atom stereocenters. The fourth-order valence-electron chi connectivity index (χ4n) is 5.38. The van der Waals surface area contributed by atoms with E-state index in [1.54, 1.807) is 4.90 Å². The Morgan fingerprint density at radius 1 is 1.12 bits per heavy atom. The van der Waals surface area contributed by atoms with E-state index in [0.717, 1.165) is 12.7 Å². The molecule has 10 heteroatoms. The summed E-state index contributed by atoms with van der Waals surface area (Å²) in [6, 6.07) is 7.18. The lowest BCUT2D eigenvalue weighted by Gasteiger charge is -2.47. The SMILES string of the molecule is CN(CC(=O)N1CCC[C@H]1C#N)[C@]1(C)CC[C@H](S(=O)(=O)c2ccc(S(C)(=O)=O)cc2)C1(C)C. The van der Waals surface area contributed by atoms with Gasteiger partial charge in [0.15, 0.2) is 19.7 Å². The summed E-state index contributed by atoms with van der Waals surface area (Å²) in [7, 11) is -5.31. The van der Waals surface area contributed by atoms with Gasteiger partial charge in [0, 0.05) is 18.3 Å². The Morgan fingerprint density at radius 3 is 2.24 bits per heavy atom. The molecule has 1 amide bonds. The van der Waals surface area contributed by atoms with Crippen LogP contribution in [0.3, 0.4) is 0 Å². The number of likely N-dealkylation sites (N-methyl/N-ethyl adjacent to an activating group) is 1. The number of hydrogen-bond acceptors (Lipinski definition) is 7. The van der Waals surface area contributed by atoms with Crippen molar-refractivity contribution in [2.45, 2.75) is 73.1 Å². The summed E-state index contributed by atoms with van der Waals surface area (Å²) >= 11 is 0. The Hall–Kier alpha value is -1.96. The highest BCUT2D eigenvalue weighted by molar-refractivity contribution is 7.92. The average molecular weight is 496 g/mol. The van der Waals surface area contributed by atoms with Gasteiger partial charge in [-0.1, -0.05) is 13.8 Å². The second-order valence-corrected chi connectivity index (χ2v) is 14.2. The molecule has 2 aliphatic rings. The van der Waals surface area contributed by atoms with E-state index in [2.05, 4.69) is 6.07 Å². The van der Waals surface area contributed by atoms with Crippen molar-refractivity contribution in [3.05, 3.63) is 24.3 Å². The van der Waals surface area contributed by atoms with Gasteiger partial charge in [-0.15, -0.1) is 0 Å². The van der Waals surface area contributed by atoms with E-state index >= 15 is 0 Å². The highest BCUT2D eigenvalue weighted by Gasteiger charge is 2.58. The number of rotatable bonds is 6. The van der Waals surface area contributed by atoms with E-state index in [1.165, 1.54) is 24.3 Å². The highest BCUT2D eigenvalue weighted by atomic mass is 32.2. The normalized spacial score (nSPS) is 27.6. The van der Waals surface area contributed by atoms with Gasteiger partial charge >= 0.3 is 0 Å². The zero-order chi connectivity index (χ0) is 24.8. The molecule has 0 radical (unpaired) electrons. The van der Waals surface area contributed by atoms with E-state index in [-0.39, 0.29) is 22.2 Å². The van der Waals surface area contributed by atoms with Crippen LogP contribution in [0, 0.1) is 16.7 Å². The van der Waals surface area contributed by atoms with Gasteiger partial charge in [-0.05, 0) is 69.3 Å². The summed E-state index contributed by atoms with van der Waals surface area (Å²) in [4.78, 5) is 16.7. The van der Waals surface area contributed by atoms with Crippen molar-refractivity contribution < 1.29 is 21.6 Å². The Kier molecular flexibility index (Phi) is 6.75. The largest absolute Gasteiger partial charge is 0.326 e. The molecule has 1 aromatic carbocycles. The minimum absolute atomic E-state index is 0.0767. The topological polar surface area (TPSA) is 116 Å². The van der Waals surface area contributed by atoms with Crippen LogP contribution in [0.2, 0.25) is 0 Å². The maximum absolute atomic E-state index is 13.6. The van der Waals surface area contributed by atoms with Gasteiger partial charge in [0.1, 0.15) is 6.04 Å². The molecule has 8 nitrogen and oxygen atoms in total. The van der Waals surface area contributed by atoms with Gasteiger partial charge < -0.3 is 4.90 Å². The van der Waals surface area contributed by atoms with Crippen LogP contribution in [0.25, 0.3) is 0 Å². The third kappa shape index (κ3) is 4.43. The third-order valence-corrected chi connectivity index (χ3v) is 11.6. The number of benzene rings is 1. The van der Waals surface area contributed by atoms with Crippen LogP contribution >= 0.6 is 0 Å². The molecule has 182 valence electrons. The zero-order valence-corrected chi connectivity index (χ0v) is 21.5. The van der Waals surface area contributed by atoms with Crippen LogP contribution in [0.5, 0.6) is 0 Å². The third-order valence-electron chi connectivity index (χ3n) is 7.98. The molecule has 1 heterocycles. The molecular formula is C23H33N3O5S2. The second-order valence-electron chi connectivity index (χ2n) is 10.0. The minimum atomic E-state index is -3.73. The van der Waals surface area contributed by atoms with Crippen molar-refractivity contribution in [2.24, 2.45) is 5.41 Å². The summed E-state index contributed by atoms with van der Waals surface area (Å²) in [5.74, 6) is -0.110. The van der Waals surface area contributed by atoms with Crippen LogP contribution in [0.15, 0.2) is 34.1 Å². The van der Waals surface area contributed by atoms with Gasteiger partial charge in [-0.25, -0.2) is 16.8 Å². The van der Waals surface area contributed by atoms with Crippen LogP contribution in [-0.4, -0.2) is 75.8 Å². The average Bonchev–Trinajstić information content (AvgIpc) is 3.30. The van der Waals surface area contributed by atoms with E-state index in [4.69, 9.17) is 0 Å². The number of carbonyl (C=O) groups is 1. The van der Waals surface area contributed by atoms with E-state index in [1.807, 2.05) is 32.7 Å². The first-order chi connectivity index (χ1) is 15.2. The molecule has 0 aromatic heterocycles. The lowest BCUT2D eigenvalue weighted by atomic mass is 9.75. The smallest absolute Gasteiger partial charge is 0.237 e. The molecule has 1 aliphatic heterocycles. The molecule has 1 saturated heterocycles. The molecule has 0 spiro atoms. The molecule has 1 aromatic rings. The molecule has 2 fully saturated rings. The Labute approximate surface area is 197 Å². The van der Waals surface area contributed by atoms with Gasteiger partial charge in [0.05, 0.1) is 27.7 Å². The molecule has 3 rings (SSSR count). The molecule has 1 saturated carbocycles. The van der Waals surface area contributed by atoms with Crippen LogP contribution < -0.4 is 0 Å². The fraction of sp³-hybridized carbons (Fsp3) is 0.652. The standard InChI is InChI=1S/C23H33N3O5S2/c1-22(2)20(33(30,31)19-10-8-18(9-11-19)32(5,28)29)12-13-23(22,3)25(4)16-21(27)26-14-6-7-17(26)15-24/h8-11,17,20H,6-7,12-14,16H2,1-5H3/t17-,20-,23+/m0/s1. The predicted octanol–water partition coefficient (Wildman–Crippen LogP) is 2.26. The van der Waals surface area contributed by atoms with Crippen molar-refractivity contribution in [1.82, 2.24) is 9.80 Å². The van der Waals surface area contributed by atoms with Crippen LogP contribution in [0.1, 0.15) is 46.5 Å². The van der Waals surface area contributed by atoms with Crippen molar-refractivity contribution >= 4 is 25.6 Å². The highest BCUT2D eigenvalue weighted by Crippen LogP contribution is 2.53. The van der Waals surface area contributed by atoms with Crippen molar-refractivity contribution in [3.63, 3.8) is 0 Å². The van der Waals surface area contributed by atoms with Gasteiger partial charge in [0.25, 0.3) is 0 Å². The summed E-state index contributed by atoms with van der Waals surface area (Å²) in [5, 5.41) is 8.62. The number of hydrogen-bond donors (Lipinski definition) is 0. The summed E-state index contributed by atoms with van der Waals surface area (Å²) in [5.41, 5.74) is -1.25. The van der Waals surface area contributed by atoms with Gasteiger partial charge in [0.2, 0.25) is 5.91 Å².